The van der Waals surface area contributed by atoms with Crippen molar-refractivity contribution < 1.29 is 80.4 Å². The summed E-state index contributed by atoms with van der Waals surface area (Å²) in [4.78, 5) is 0. The topological polar surface area (TPSA) is 38.7 Å². The Hall–Kier alpha value is -1.17. The smallest absolute Gasteiger partial charge is 0.387 e. The number of hydrogen-bond donors (Lipinski definition) is 1. The minimum Gasteiger partial charge on any atom is -0.387 e. The predicted octanol–water partition coefficient (Wildman–Crippen LogP) is 6.25. The number of rotatable bonds is 11. The number of halogens is 15. The molecular weight excluding hydrogens is 513 g/mol. The molecule has 0 aliphatic heterocycles. The van der Waals surface area contributed by atoms with Crippen molar-refractivity contribution in [1.82, 2.24) is 0 Å². The molecule has 0 spiro atoms. The highest BCUT2D eigenvalue weighted by atomic mass is 19.4. The lowest BCUT2D eigenvalue weighted by atomic mass is 9.89. The zero-order chi connectivity index (χ0) is 27.3. The van der Waals surface area contributed by atoms with Gasteiger partial charge in [-0.2, -0.15) is 65.9 Å². The van der Waals surface area contributed by atoms with Gasteiger partial charge in [0.1, 0.15) is 17.8 Å². The molecular formula is C15H17F15O3. The van der Waals surface area contributed by atoms with Gasteiger partial charge in [0.25, 0.3) is 0 Å². The Morgan fingerprint density at radius 3 is 1.27 bits per heavy atom. The van der Waals surface area contributed by atoms with E-state index >= 15 is 0 Å². The lowest BCUT2D eigenvalue weighted by Gasteiger charge is -2.46. The van der Waals surface area contributed by atoms with Crippen molar-refractivity contribution in [1.29, 1.82) is 0 Å². The van der Waals surface area contributed by atoms with Gasteiger partial charge in [-0.05, 0) is 27.2 Å². The second kappa shape index (κ2) is 8.49. The monoisotopic (exact) mass is 530 g/mol. The highest BCUT2D eigenvalue weighted by molar-refractivity contribution is 5.08. The van der Waals surface area contributed by atoms with E-state index in [-0.39, 0.29) is 6.92 Å². The van der Waals surface area contributed by atoms with Gasteiger partial charge < -0.3 is 14.6 Å². The average molecular weight is 530 g/mol. The molecule has 0 radical (unpaired) electrons. The van der Waals surface area contributed by atoms with E-state index in [4.69, 9.17) is 5.11 Å². The molecule has 33 heavy (non-hydrogen) atoms. The number of hydrogen-bond acceptors (Lipinski definition) is 3. The zero-order valence-electron chi connectivity index (χ0n) is 16.8. The Kier molecular flexibility index (Phi) is 8.19. The van der Waals surface area contributed by atoms with Gasteiger partial charge in [-0.1, -0.05) is 6.92 Å². The quantitative estimate of drug-likeness (QED) is 0.321. The van der Waals surface area contributed by atoms with Gasteiger partial charge >= 0.3 is 42.1 Å². The molecule has 0 aromatic heterocycles. The first kappa shape index (κ1) is 31.8. The van der Waals surface area contributed by atoms with Gasteiger partial charge in [0.15, 0.2) is 0 Å². The van der Waals surface area contributed by atoms with E-state index in [0.29, 0.717) is 6.92 Å². The number of aliphatic hydroxyl groups is 1. The van der Waals surface area contributed by atoms with Gasteiger partial charge in [-0.15, -0.1) is 0 Å². The van der Waals surface area contributed by atoms with Crippen molar-refractivity contribution in [2.45, 2.75) is 87.4 Å². The summed E-state index contributed by atoms with van der Waals surface area (Å²) in [6.45, 7) is -3.23. The van der Waals surface area contributed by atoms with Crippen LogP contribution in [-0.2, 0) is 9.47 Å². The maximum absolute atomic E-state index is 14.4. The van der Waals surface area contributed by atoms with E-state index in [9.17, 15) is 65.9 Å². The van der Waals surface area contributed by atoms with E-state index in [2.05, 4.69) is 9.47 Å². The molecule has 1 N–H and O–H groups in total. The van der Waals surface area contributed by atoms with Crippen molar-refractivity contribution in [3.63, 3.8) is 0 Å². The van der Waals surface area contributed by atoms with Gasteiger partial charge in [-0.3, -0.25) is 0 Å². The fourth-order valence-corrected chi connectivity index (χ4v) is 2.23. The van der Waals surface area contributed by atoms with Gasteiger partial charge in [0.2, 0.25) is 0 Å². The first-order valence-electron chi connectivity index (χ1n) is 8.38. The van der Waals surface area contributed by atoms with E-state index in [1.807, 2.05) is 0 Å². The fraction of sp³-hybridized carbons (Fsp3) is 1.00. The molecule has 0 fully saturated rings. The molecule has 3 nitrogen and oxygen atoms in total. The van der Waals surface area contributed by atoms with Gasteiger partial charge in [0.05, 0.1) is 0 Å². The summed E-state index contributed by atoms with van der Waals surface area (Å²) in [6, 6.07) is 0. The first-order valence-corrected chi connectivity index (χ1v) is 8.38. The maximum Gasteiger partial charge on any atom is 0.460 e. The van der Waals surface area contributed by atoms with Crippen LogP contribution in [0.1, 0.15) is 34.1 Å². The number of alkyl halides is 15. The molecule has 18 heteroatoms. The molecule has 1 unspecified atom stereocenters. The zero-order valence-corrected chi connectivity index (χ0v) is 16.8. The summed E-state index contributed by atoms with van der Waals surface area (Å²) in [5.41, 5.74) is -8.97. The summed E-state index contributed by atoms with van der Waals surface area (Å²) in [7, 11) is 0. The normalized spacial score (nSPS) is 17.8. The Balaban J connectivity index is 6.45. The molecule has 0 aliphatic carbocycles. The minimum atomic E-state index is -7.55. The van der Waals surface area contributed by atoms with Crippen LogP contribution in [0.3, 0.4) is 0 Å². The Morgan fingerprint density at radius 2 is 0.970 bits per heavy atom. The predicted molar refractivity (Wildman–Crippen MR) is 77.8 cm³/mol. The van der Waals surface area contributed by atoms with E-state index in [1.54, 1.807) is 0 Å². The lowest BCUT2D eigenvalue weighted by Crippen LogP contribution is -2.70. The molecule has 0 aromatic rings. The SMILES string of the molecule is CCC(C)(OC(F)(F)CO)C(F)(F)C(F)(F)OC(C)(C)C(F)(F)C(F)(F)C(F)(F)C(F)(F)F. The summed E-state index contributed by atoms with van der Waals surface area (Å²) < 4.78 is 207. The highest BCUT2D eigenvalue weighted by Gasteiger charge is 2.86. The van der Waals surface area contributed by atoms with Crippen molar-refractivity contribution in [3.8, 4) is 0 Å². The van der Waals surface area contributed by atoms with Gasteiger partial charge in [-0.25, -0.2) is 0 Å². The second-order valence-electron chi connectivity index (χ2n) is 7.41. The van der Waals surface area contributed by atoms with E-state index in [1.165, 1.54) is 0 Å². The van der Waals surface area contributed by atoms with Crippen molar-refractivity contribution >= 4 is 0 Å². The lowest BCUT2D eigenvalue weighted by molar-refractivity contribution is -0.469. The molecule has 0 saturated carbocycles. The van der Waals surface area contributed by atoms with E-state index < -0.39 is 80.2 Å². The standard InChI is InChI=1S/C15H17F15O3/c1-5-8(4,33-9(16,17)6-31)11(20,21)15(29,30)32-7(2,3)10(18,19)12(22,23)13(24,25)14(26,27)28/h31H,5-6H2,1-4H3. The fourth-order valence-electron chi connectivity index (χ4n) is 2.23. The third kappa shape index (κ3) is 5.11. The largest absolute Gasteiger partial charge is 0.460 e. The van der Waals surface area contributed by atoms with Crippen LogP contribution in [0.25, 0.3) is 0 Å². The van der Waals surface area contributed by atoms with Crippen LogP contribution in [0.2, 0.25) is 0 Å². The molecule has 1 atom stereocenters. The van der Waals surface area contributed by atoms with Crippen LogP contribution in [0.4, 0.5) is 65.9 Å². The summed E-state index contributed by atoms with van der Waals surface area (Å²) in [6.07, 6.45) is -20.3. The van der Waals surface area contributed by atoms with Crippen LogP contribution in [0, 0.1) is 0 Å². The highest BCUT2D eigenvalue weighted by Crippen LogP contribution is 2.58. The van der Waals surface area contributed by atoms with Crippen molar-refractivity contribution in [2.24, 2.45) is 0 Å². The van der Waals surface area contributed by atoms with Crippen LogP contribution in [0.15, 0.2) is 0 Å². The molecule has 200 valence electrons. The molecule has 0 heterocycles. The third-order valence-corrected chi connectivity index (χ3v) is 4.55. The third-order valence-electron chi connectivity index (χ3n) is 4.55. The number of aliphatic hydroxyl groups excluding tert-OH is 1. The molecule has 0 aromatic carbocycles. The summed E-state index contributed by atoms with van der Waals surface area (Å²) in [5, 5.41) is 8.36. The van der Waals surface area contributed by atoms with Crippen LogP contribution in [0.5, 0.6) is 0 Å². The molecule has 0 rings (SSSR count). The number of ether oxygens (including phenoxy) is 2. The van der Waals surface area contributed by atoms with Crippen LogP contribution < -0.4 is 0 Å². The van der Waals surface area contributed by atoms with Crippen LogP contribution in [-0.4, -0.2) is 65.0 Å². The van der Waals surface area contributed by atoms with Crippen molar-refractivity contribution in [3.05, 3.63) is 0 Å². The molecule has 0 bridgehead atoms. The maximum atomic E-state index is 14.4. The average Bonchev–Trinajstić information content (AvgIpc) is 2.58. The summed E-state index contributed by atoms with van der Waals surface area (Å²) in [5.74, 6) is -28.1. The van der Waals surface area contributed by atoms with Crippen molar-refractivity contribution in [2.75, 3.05) is 6.61 Å². The molecule has 0 amide bonds. The minimum absolute atomic E-state index is 0.147. The Bertz CT molecular complexity index is 687. The Labute approximate surface area is 175 Å². The Morgan fingerprint density at radius 1 is 0.576 bits per heavy atom. The van der Waals surface area contributed by atoms with Crippen LogP contribution >= 0.6 is 0 Å². The molecule has 0 aliphatic rings. The summed E-state index contributed by atoms with van der Waals surface area (Å²) >= 11 is 0. The van der Waals surface area contributed by atoms with Gasteiger partial charge in [0, 0.05) is 0 Å². The molecule has 0 saturated heterocycles. The first-order chi connectivity index (χ1) is 14.0. The van der Waals surface area contributed by atoms with E-state index in [0.717, 1.165) is 0 Å². The second-order valence-corrected chi connectivity index (χ2v) is 7.41.